The number of aldehydes is 1. The van der Waals surface area contributed by atoms with Crippen LogP contribution in [0.3, 0.4) is 0 Å². The molecule has 1 aliphatic heterocycles. The molecular weight excluding hydrogens is 280 g/mol. The smallest absolute Gasteiger partial charge is 0.254 e. The van der Waals surface area contributed by atoms with Crippen LogP contribution in [0, 0.1) is 0 Å². The lowest BCUT2D eigenvalue weighted by atomic mass is 10.1. The monoisotopic (exact) mass is 298 g/mol. The first kappa shape index (κ1) is 14.5. The molecule has 22 heavy (non-hydrogen) atoms. The van der Waals surface area contributed by atoms with Gasteiger partial charge in [0.25, 0.3) is 5.91 Å². The molecule has 0 spiro atoms. The number of hydrogen-bond donors (Lipinski definition) is 1. The Bertz CT molecular complexity index is 718. The lowest BCUT2D eigenvalue weighted by Gasteiger charge is -2.13. The molecule has 5 heteroatoms. The van der Waals surface area contributed by atoms with Crippen LogP contribution in [0.1, 0.15) is 16.8 Å². The number of benzene rings is 1. The molecule has 1 aromatic carbocycles. The third-order valence-electron chi connectivity index (χ3n) is 3.76. The molecule has 0 fully saturated rings. The SMILES string of the molecule is O=C[C@@H]1CC=CCOCCn2ccc3cccc(c32)C(=O)N1. The second-order valence-electron chi connectivity index (χ2n) is 5.25. The minimum absolute atomic E-state index is 0.226. The van der Waals surface area contributed by atoms with E-state index in [-0.39, 0.29) is 5.91 Å². The van der Waals surface area contributed by atoms with Crippen molar-refractivity contribution in [2.75, 3.05) is 13.2 Å². The molecule has 0 aliphatic carbocycles. The van der Waals surface area contributed by atoms with E-state index in [1.807, 2.05) is 41.1 Å². The zero-order chi connectivity index (χ0) is 15.4. The first-order chi connectivity index (χ1) is 10.8. The van der Waals surface area contributed by atoms with Crippen LogP contribution < -0.4 is 5.32 Å². The molecule has 5 nitrogen and oxygen atoms in total. The third kappa shape index (κ3) is 2.94. The van der Waals surface area contributed by atoms with E-state index >= 15 is 0 Å². The zero-order valence-corrected chi connectivity index (χ0v) is 12.2. The van der Waals surface area contributed by atoms with Gasteiger partial charge in [-0.25, -0.2) is 0 Å². The van der Waals surface area contributed by atoms with Crippen LogP contribution in [0.4, 0.5) is 0 Å². The Morgan fingerprint density at radius 3 is 3.05 bits per heavy atom. The Balaban J connectivity index is 2.02. The van der Waals surface area contributed by atoms with Crippen LogP contribution >= 0.6 is 0 Å². The Hall–Kier alpha value is -2.40. The topological polar surface area (TPSA) is 60.3 Å². The zero-order valence-electron chi connectivity index (χ0n) is 12.2. The molecule has 0 unspecified atom stereocenters. The van der Waals surface area contributed by atoms with Gasteiger partial charge in [0.15, 0.2) is 0 Å². The van der Waals surface area contributed by atoms with Crippen molar-refractivity contribution >= 4 is 23.1 Å². The molecule has 114 valence electrons. The largest absolute Gasteiger partial charge is 0.376 e. The van der Waals surface area contributed by atoms with Gasteiger partial charge in [-0.1, -0.05) is 24.3 Å². The van der Waals surface area contributed by atoms with Crippen molar-refractivity contribution < 1.29 is 14.3 Å². The first-order valence-corrected chi connectivity index (χ1v) is 7.36. The van der Waals surface area contributed by atoms with Crippen LogP contribution in [0.2, 0.25) is 0 Å². The number of carbonyl (C=O) groups excluding carboxylic acids is 2. The second-order valence-corrected chi connectivity index (χ2v) is 5.25. The molecule has 0 saturated heterocycles. The van der Waals surface area contributed by atoms with Crippen molar-refractivity contribution in [3.05, 3.63) is 48.2 Å². The van der Waals surface area contributed by atoms with Gasteiger partial charge >= 0.3 is 0 Å². The van der Waals surface area contributed by atoms with Crippen molar-refractivity contribution in [2.45, 2.75) is 19.0 Å². The Morgan fingerprint density at radius 2 is 2.18 bits per heavy atom. The summed E-state index contributed by atoms with van der Waals surface area (Å²) in [5, 5.41) is 3.79. The Labute approximate surface area is 128 Å². The predicted octanol–water partition coefficient (Wildman–Crippen LogP) is 1.92. The summed E-state index contributed by atoms with van der Waals surface area (Å²) in [7, 11) is 0. The normalized spacial score (nSPS) is 19.8. The maximum absolute atomic E-state index is 12.5. The summed E-state index contributed by atoms with van der Waals surface area (Å²) in [6.07, 6.45) is 6.92. The standard InChI is InChI=1S/C17H18N2O3/c20-12-14-5-1-2-10-22-11-9-19-8-7-13-4-3-6-15(16(13)19)17(21)18-14/h1-4,6-8,12,14H,5,9-11H2,(H,18,21)/t14-/m0/s1. The highest BCUT2D eigenvalue weighted by molar-refractivity contribution is 6.06. The number of ether oxygens (including phenoxy) is 1. The minimum atomic E-state index is -0.525. The molecule has 2 heterocycles. The van der Waals surface area contributed by atoms with Crippen molar-refractivity contribution in [3.63, 3.8) is 0 Å². The fourth-order valence-corrected chi connectivity index (χ4v) is 2.65. The van der Waals surface area contributed by atoms with E-state index in [0.29, 0.717) is 31.7 Å². The number of carbonyl (C=O) groups is 2. The average molecular weight is 298 g/mol. The fraction of sp³-hybridized carbons (Fsp3) is 0.294. The van der Waals surface area contributed by atoms with Crippen molar-refractivity contribution in [3.8, 4) is 0 Å². The maximum Gasteiger partial charge on any atom is 0.254 e. The highest BCUT2D eigenvalue weighted by atomic mass is 16.5. The van der Waals surface area contributed by atoms with Crippen LogP contribution in [0.15, 0.2) is 42.6 Å². The van der Waals surface area contributed by atoms with E-state index in [2.05, 4.69) is 5.32 Å². The molecule has 0 saturated carbocycles. The van der Waals surface area contributed by atoms with Gasteiger partial charge in [0.05, 0.1) is 30.3 Å². The molecule has 2 aromatic rings. The number of amides is 1. The van der Waals surface area contributed by atoms with E-state index in [4.69, 9.17) is 4.74 Å². The highest BCUT2D eigenvalue weighted by Gasteiger charge is 2.16. The number of nitrogens with zero attached hydrogens (tertiary/aromatic N) is 1. The van der Waals surface area contributed by atoms with Gasteiger partial charge in [-0.05, 0) is 18.6 Å². The number of para-hydroxylation sites is 1. The quantitative estimate of drug-likeness (QED) is 0.646. The molecule has 1 aromatic heterocycles. The predicted molar refractivity (Wildman–Crippen MR) is 83.8 cm³/mol. The first-order valence-electron chi connectivity index (χ1n) is 7.36. The van der Waals surface area contributed by atoms with Crippen molar-refractivity contribution in [1.82, 2.24) is 9.88 Å². The molecule has 1 atom stereocenters. The fourth-order valence-electron chi connectivity index (χ4n) is 2.65. The average Bonchev–Trinajstić information content (AvgIpc) is 2.95. The second kappa shape index (κ2) is 6.58. The molecule has 0 bridgehead atoms. The number of rotatable bonds is 1. The van der Waals surface area contributed by atoms with Gasteiger partial charge in [0.2, 0.25) is 0 Å². The molecule has 0 radical (unpaired) electrons. The Kier molecular flexibility index (Phi) is 4.34. The van der Waals surface area contributed by atoms with Gasteiger partial charge in [-0.2, -0.15) is 0 Å². The van der Waals surface area contributed by atoms with E-state index in [0.717, 1.165) is 17.2 Å². The van der Waals surface area contributed by atoms with Crippen LogP contribution in [-0.4, -0.2) is 36.0 Å². The lowest BCUT2D eigenvalue weighted by Crippen LogP contribution is -2.35. The minimum Gasteiger partial charge on any atom is -0.376 e. The van der Waals surface area contributed by atoms with Gasteiger partial charge in [0, 0.05) is 18.1 Å². The number of nitrogens with one attached hydrogen (secondary N) is 1. The van der Waals surface area contributed by atoms with Crippen LogP contribution in [0.25, 0.3) is 10.9 Å². The number of aromatic nitrogens is 1. The van der Waals surface area contributed by atoms with E-state index < -0.39 is 6.04 Å². The van der Waals surface area contributed by atoms with Crippen molar-refractivity contribution in [1.29, 1.82) is 0 Å². The molecule has 1 N–H and O–H groups in total. The highest BCUT2D eigenvalue weighted by Crippen LogP contribution is 2.20. The summed E-state index contributed by atoms with van der Waals surface area (Å²) in [6.45, 7) is 1.76. The van der Waals surface area contributed by atoms with Gasteiger partial charge in [-0.3, -0.25) is 4.79 Å². The van der Waals surface area contributed by atoms with Crippen molar-refractivity contribution in [2.24, 2.45) is 0 Å². The molecular formula is C17H18N2O3. The summed E-state index contributed by atoms with van der Waals surface area (Å²) < 4.78 is 7.57. The lowest BCUT2D eigenvalue weighted by molar-refractivity contribution is -0.109. The summed E-state index contributed by atoms with van der Waals surface area (Å²) >= 11 is 0. The maximum atomic E-state index is 12.5. The van der Waals surface area contributed by atoms with Gasteiger partial charge in [-0.15, -0.1) is 0 Å². The van der Waals surface area contributed by atoms with Crippen LogP contribution in [0.5, 0.6) is 0 Å². The molecule has 1 amide bonds. The summed E-state index contributed by atoms with van der Waals surface area (Å²) in [5.41, 5.74) is 1.46. The molecule has 1 aliphatic rings. The van der Waals surface area contributed by atoms with Gasteiger partial charge < -0.3 is 19.4 Å². The summed E-state index contributed by atoms with van der Waals surface area (Å²) in [4.78, 5) is 23.7. The summed E-state index contributed by atoms with van der Waals surface area (Å²) in [6, 6.07) is 7.07. The summed E-state index contributed by atoms with van der Waals surface area (Å²) in [5.74, 6) is -0.226. The molecule has 3 rings (SSSR count). The van der Waals surface area contributed by atoms with E-state index in [9.17, 15) is 9.59 Å². The van der Waals surface area contributed by atoms with Crippen LogP contribution in [-0.2, 0) is 16.1 Å². The third-order valence-corrected chi connectivity index (χ3v) is 3.76. The Morgan fingerprint density at radius 1 is 1.27 bits per heavy atom. The van der Waals surface area contributed by atoms with E-state index in [1.165, 1.54) is 0 Å². The van der Waals surface area contributed by atoms with E-state index in [1.54, 1.807) is 6.07 Å². The van der Waals surface area contributed by atoms with Gasteiger partial charge in [0.1, 0.15) is 6.29 Å². The number of hydrogen-bond acceptors (Lipinski definition) is 3.